The Balaban J connectivity index is 2.29. The largest absolute Gasteiger partial charge is 0.261 e. The lowest BCUT2D eigenvalue weighted by molar-refractivity contribution is 0.357. The fourth-order valence-corrected chi connectivity index (χ4v) is 3.70. The van der Waals surface area contributed by atoms with Gasteiger partial charge in [0, 0.05) is 23.1 Å². The smallest absolute Gasteiger partial charge is 0.201 e. The maximum atomic E-state index is 6.05. The third kappa shape index (κ3) is 2.29. The van der Waals surface area contributed by atoms with Crippen LogP contribution in [-0.2, 0) is 13.1 Å². The van der Waals surface area contributed by atoms with E-state index in [1.54, 1.807) is 6.07 Å². The second kappa shape index (κ2) is 5.05. The molecule has 0 unspecified atom stereocenters. The molecule has 2 heterocycles. The van der Waals surface area contributed by atoms with Crippen LogP contribution < -0.4 is 0 Å². The molecule has 0 saturated carbocycles. The molecule has 0 atom stereocenters. The van der Waals surface area contributed by atoms with Crippen LogP contribution >= 0.6 is 47.6 Å². The molecule has 100 valence electrons. The highest BCUT2D eigenvalue weighted by Crippen LogP contribution is 2.24. The molecule has 3 rings (SSSR count). The van der Waals surface area contributed by atoms with Crippen molar-refractivity contribution in [3.05, 3.63) is 37.8 Å². The molecule has 0 radical (unpaired) electrons. The summed E-state index contributed by atoms with van der Waals surface area (Å²) < 4.78 is 7.35. The monoisotopic (exact) mass is 331 g/mol. The number of nitrogens with zero attached hydrogens (tertiary/aromatic N) is 3. The Morgan fingerprint density at radius 1 is 0.842 bits per heavy atom. The highest BCUT2D eigenvalue weighted by molar-refractivity contribution is 7.72. The van der Waals surface area contributed by atoms with Crippen LogP contribution in [0.2, 0.25) is 10.0 Å². The van der Waals surface area contributed by atoms with E-state index in [-0.39, 0.29) is 0 Å². The molecule has 1 aromatic heterocycles. The molecular weight excluding hydrogens is 321 g/mol. The first-order valence-electron chi connectivity index (χ1n) is 5.97. The van der Waals surface area contributed by atoms with Crippen LogP contribution in [0.4, 0.5) is 0 Å². The molecule has 1 aliphatic heterocycles. The lowest BCUT2D eigenvalue weighted by Gasteiger charge is -2.15. The summed E-state index contributed by atoms with van der Waals surface area (Å²) in [5, 5.41) is 1.15. The molecule has 0 amide bonds. The first kappa shape index (κ1) is 13.4. The number of aromatic nitrogens is 3. The minimum Gasteiger partial charge on any atom is -0.261 e. The Labute approximate surface area is 131 Å². The fraction of sp³-hybridized carbons (Fsp3) is 0.333. The highest BCUT2D eigenvalue weighted by Gasteiger charge is 2.15. The van der Waals surface area contributed by atoms with E-state index < -0.39 is 0 Å². The third-order valence-electron chi connectivity index (χ3n) is 3.21. The quantitative estimate of drug-likeness (QED) is 0.707. The first-order valence-corrected chi connectivity index (χ1v) is 7.54. The van der Waals surface area contributed by atoms with Crippen LogP contribution in [0.1, 0.15) is 12.8 Å². The van der Waals surface area contributed by atoms with Crippen molar-refractivity contribution in [2.24, 2.45) is 0 Å². The van der Waals surface area contributed by atoms with E-state index in [0.29, 0.717) is 19.6 Å². The molecule has 0 saturated heterocycles. The number of hydrogen-bond acceptors (Lipinski definition) is 2. The standard InChI is InChI=1S/C12H11Cl2N3S2/c13-8-5-9(14)7-10(6-8)17-11(18)15-3-1-2-4-16(15)12(17)19/h5-7H,1-4H2. The Morgan fingerprint density at radius 3 is 1.79 bits per heavy atom. The van der Waals surface area contributed by atoms with Gasteiger partial charge < -0.3 is 0 Å². The van der Waals surface area contributed by atoms with Crippen LogP contribution in [0, 0.1) is 9.54 Å². The van der Waals surface area contributed by atoms with E-state index in [1.807, 2.05) is 16.7 Å². The predicted molar refractivity (Wildman–Crippen MR) is 82.7 cm³/mol. The fourth-order valence-electron chi connectivity index (χ4n) is 2.36. The van der Waals surface area contributed by atoms with Gasteiger partial charge in [-0.15, -0.1) is 0 Å². The van der Waals surface area contributed by atoms with Gasteiger partial charge in [-0.25, -0.2) is 0 Å². The number of halogens is 2. The number of rotatable bonds is 1. The van der Waals surface area contributed by atoms with Gasteiger partial charge >= 0.3 is 0 Å². The molecule has 19 heavy (non-hydrogen) atoms. The summed E-state index contributed by atoms with van der Waals surface area (Å²) in [4.78, 5) is 0. The molecule has 3 nitrogen and oxygen atoms in total. The molecule has 0 bridgehead atoms. The average molecular weight is 332 g/mol. The molecule has 1 aliphatic rings. The summed E-state index contributed by atoms with van der Waals surface area (Å²) in [6.45, 7) is 1.81. The molecule has 7 heteroatoms. The van der Waals surface area contributed by atoms with Gasteiger partial charge in [-0.05, 0) is 55.5 Å². The lowest BCUT2D eigenvalue weighted by Crippen LogP contribution is -2.18. The SMILES string of the molecule is S=c1n(-c2cc(Cl)cc(Cl)c2)c(=S)n2n1CCCC2. The van der Waals surface area contributed by atoms with Gasteiger partial charge in [0.05, 0.1) is 5.69 Å². The summed E-state index contributed by atoms with van der Waals surface area (Å²) in [6.07, 6.45) is 2.26. The van der Waals surface area contributed by atoms with Gasteiger partial charge in [0.2, 0.25) is 9.54 Å². The second-order valence-corrected chi connectivity index (χ2v) is 6.08. The normalized spacial score (nSPS) is 14.4. The summed E-state index contributed by atoms with van der Waals surface area (Å²) in [5.41, 5.74) is 0.821. The van der Waals surface area contributed by atoms with Crippen molar-refractivity contribution < 1.29 is 0 Å². The van der Waals surface area contributed by atoms with E-state index in [9.17, 15) is 0 Å². The van der Waals surface area contributed by atoms with Crippen LogP contribution in [0.25, 0.3) is 5.69 Å². The van der Waals surface area contributed by atoms with Gasteiger partial charge in [0.1, 0.15) is 0 Å². The van der Waals surface area contributed by atoms with E-state index in [1.165, 1.54) is 0 Å². The van der Waals surface area contributed by atoms with Gasteiger partial charge in [-0.3, -0.25) is 13.9 Å². The zero-order valence-corrected chi connectivity index (χ0v) is 13.1. The van der Waals surface area contributed by atoms with Crippen molar-refractivity contribution in [2.75, 3.05) is 0 Å². The molecular formula is C12H11Cl2N3S2. The Hall–Kier alpha value is -0.620. The van der Waals surface area contributed by atoms with E-state index in [4.69, 9.17) is 47.6 Å². The van der Waals surface area contributed by atoms with Crippen LogP contribution in [0.3, 0.4) is 0 Å². The van der Waals surface area contributed by atoms with Crippen LogP contribution in [-0.4, -0.2) is 13.9 Å². The number of benzene rings is 1. The summed E-state index contributed by atoms with van der Waals surface area (Å²) in [5.74, 6) is 0. The first-order chi connectivity index (χ1) is 9.08. The zero-order valence-electron chi connectivity index (χ0n) is 9.97. The number of fused-ring (bicyclic) bond motifs is 1. The molecule has 0 N–H and O–H groups in total. The van der Waals surface area contributed by atoms with Crippen LogP contribution in [0.5, 0.6) is 0 Å². The van der Waals surface area contributed by atoms with Gasteiger partial charge in [-0.1, -0.05) is 23.2 Å². The molecule has 0 fully saturated rings. The zero-order chi connectivity index (χ0) is 13.6. The second-order valence-electron chi connectivity index (χ2n) is 4.48. The van der Waals surface area contributed by atoms with E-state index in [0.717, 1.165) is 31.6 Å². The predicted octanol–water partition coefficient (Wildman–Crippen LogP) is 4.64. The highest BCUT2D eigenvalue weighted by atomic mass is 35.5. The van der Waals surface area contributed by atoms with Crippen molar-refractivity contribution in [3.63, 3.8) is 0 Å². The topological polar surface area (TPSA) is 14.8 Å². The third-order valence-corrected chi connectivity index (χ3v) is 4.43. The maximum Gasteiger partial charge on any atom is 0.201 e. The molecule has 1 aromatic carbocycles. The van der Waals surface area contributed by atoms with Gasteiger partial charge in [-0.2, -0.15) is 0 Å². The minimum absolute atomic E-state index is 0.577. The number of hydrogen-bond donors (Lipinski definition) is 0. The summed E-state index contributed by atoms with van der Waals surface area (Å²) in [7, 11) is 0. The van der Waals surface area contributed by atoms with Crippen molar-refractivity contribution in [1.82, 2.24) is 13.9 Å². The maximum absolute atomic E-state index is 6.05. The molecule has 0 spiro atoms. The Kier molecular flexibility index (Phi) is 3.55. The lowest BCUT2D eigenvalue weighted by atomic mass is 10.3. The summed E-state index contributed by atoms with van der Waals surface area (Å²) >= 11 is 23.1. The van der Waals surface area contributed by atoms with Crippen molar-refractivity contribution >= 4 is 47.6 Å². The summed E-state index contributed by atoms with van der Waals surface area (Å²) in [6, 6.07) is 5.35. The van der Waals surface area contributed by atoms with E-state index >= 15 is 0 Å². The average Bonchev–Trinajstić information content (AvgIpc) is 2.61. The molecule has 2 aromatic rings. The van der Waals surface area contributed by atoms with Crippen molar-refractivity contribution in [3.8, 4) is 5.69 Å². The minimum atomic E-state index is 0.577. The van der Waals surface area contributed by atoms with Crippen LogP contribution in [0.15, 0.2) is 18.2 Å². The van der Waals surface area contributed by atoms with Gasteiger partial charge in [0.25, 0.3) is 0 Å². The van der Waals surface area contributed by atoms with Crippen molar-refractivity contribution in [2.45, 2.75) is 25.9 Å². The Morgan fingerprint density at radius 2 is 1.32 bits per heavy atom. The van der Waals surface area contributed by atoms with Gasteiger partial charge in [0.15, 0.2) is 0 Å². The van der Waals surface area contributed by atoms with Crippen molar-refractivity contribution in [1.29, 1.82) is 0 Å². The van der Waals surface area contributed by atoms with E-state index in [2.05, 4.69) is 9.36 Å². The Bertz CT molecular complexity index is 700. The molecule has 0 aliphatic carbocycles.